The summed E-state index contributed by atoms with van der Waals surface area (Å²) in [7, 11) is 3.04. The molecule has 0 fully saturated rings. The van der Waals surface area contributed by atoms with Crippen molar-refractivity contribution in [2.45, 2.75) is 0 Å². The van der Waals surface area contributed by atoms with Gasteiger partial charge in [-0.05, 0) is 24.3 Å². The van der Waals surface area contributed by atoms with Gasteiger partial charge in [-0.1, -0.05) is 12.1 Å². The number of nitrogens with one attached hydrogen (secondary N) is 1. The summed E-state index contributed by atoms with van der Waals surface area (Å²) in [4.78, 5) is 19.2. The van der Waals surface area contributed by atoms with E-state index in [0.717, 1.165) is 5.56 Å². The highest BCUT2D eigenvalue weighted by Crippen LogP contribution is 2.33. The molecule has 1 aromatic heterocycles. The molecule has 132 valence electrons. The average Bonchev–Trinajstić information content (AvgIpc) is 2.68. The Hall–Kier alpha value is -3.68. The fourth-order valence-electron chi connectivity index (χ4n) is 2.46. The van der Waals surface area contributed by atoms with Crippen LogP contribution < -0.4 is 14.8 Å². The maximum atomic E-state index is 11.3. The highest BCUT2D eigenvalue weighted by molar-refractivity contribution is 5.73. The van der Waals surface area contributed by atoms with E-state index in [-0.39, 0.29) is 5.69 Å². The second kappa shape index (κ2) is 7.47. The van der Waals surface area contributed by atoms with Gasteiger partial charge in [-0.15, -0.1) is 0 Å². The molecule has 3 rings (SSSR count). The molecule has 8 heteroatoms. The van der Waals surface area contributed by atoms with Crippen molar-refractivity contribution in [3.05, 3.63) is 65.0 Å². The minimum atomic E-state index is -0.479. The summed E-state index contributed by atoms with van der Waals surface area (Å²) < 4.78 is 10.4. The molecule has 0 atom stereocenters. The molecule has 1 N–H and O–H groups in total. The third kappa shape index (κ3) is 3.54. The topological polar surface area (TPSA) is 99.4 Å². The predicted octanol–water partition coefficient (Wildman–Crippen LogP) is 3.81. The first-order chi connectivity index (χ1) is 12.6. The second-order valence-electron chi connectivity index (χ2n) is 5.25. The van der Waals surface area contributed by atoms with Crippen molar-refractivity contribution in [2.75, 3.05) is 19.5 Å². The first kappa shape index (κ1) is 17.2. The van der Waals surface area contributed by atoms with Gasteiger partial charge in [0.15, 0.2) is 0 Å². The Morgan fingerprint density at radius 3 is 2.58 bits per heavy atom. The van der Waals surface area contributed by atoms with E-state index >= 15 is 0 Å². The van der Waals surface area contributed by atoms with Crippen LogP contribution in [0, 0.1) is 10.1 Å². The van der Waals surface area contributed by atoms with Crippen LogP contribution in [0.25, 0.3) is 11.3 Å². The maximum Gasteiger partial charge on any atom is 0.296 e. The Balaban J connectivity index is 1.96. The van der Waals surface area contributed by atoms with Crippen molar-refractivity contribution in [3.8, 4) is 22.8 Å². The first-order valence-corrected chi connectivity index (χ1v) is 7.67. The van der Waals surface area contributed by atoms with Crippen molar-refractivity contribution in [2.24, 2.45) is 0 Å². The Morgan fingerprint density at radius 1 is 1.04 bits per heavy atom. The van der Waals surface area contributed by atoms with Gasteiger partial charge in [0.25, 0.3) is 5.69 Å². The van der Waals surface area contributed by atoms with Gasteiger partial charge in [0.2, 0.25) is 0 Å². The van der Waals surface area contributed by atoms with Gasteiger partial charge in [-0.3, -0.25) is 10.1 Å². The Morgan fingerprint density at radius 2 is 1.85 bits per heavy atom. The van der Waals surface area contributed by atoms with Crippen molar-refractivity contribution in [1.29, 1.82) is 0 Å². The standard InChI is InChI=1S/C18H16N4O4/c1-25-12-7-8-14(16(9-12)22(23)24)21-18-10-15(19-11-20-18)13-5-3-4-6-17(13)26-2/h3-11H,1-2H3,(H,19,20,21). The number of aromatic nitrogens is 2. The summed E-state index contributed by atoms with van der Waals surface area (Å²) in [5.41, 5.74) is 1.63. The lowest BCUT2D eigenvalue weighted by atomic mass is 10.1. The first-order valence-electron chi connectivity index (χ1n) is 7.67. The lowest BCUT2D eigenvalue weighted by Gasteiger charge is -2.10. The van der Waals surface area contributed by atoms with Gasteiger partial charge in [-0.25, -0.2) is 9.97 Å². The molecule has 2 aromatic carbocycles. The van der Waals surface area contributed by atoms with Crippen LogP contribution in [0.5, 0.6) is 11.5 Å². The Labute approximate surface area is 149 Å². The molecular formula is C18H16N4O4. The number of ether oxygens (including phenoxy) is 2. The lowest BCUT2D eigenvalue weighted by Crippen LogP contribution is -2.00. The molecule has 3 aromatic rings. The second-order valence-corrected chi connectivity index (χ2v) is 5.25. The smallest absolute Gasteiger partial charge is 0.296 e. The molecule has 0 aliphatic rings. The number of nitro groups is 1. The number of para-hydroxylation sites is 1. The zero-order chi connectivity index (χ0) is 18.5. The molecule has 0 aliphatic carbocycles. The monoisotopic (exact) mass is 352 g/mol. The minimum absolute atomic E-state index is 0.109. The molecule has 1 heterocycles. The summed E-state index contributed by atoms with van der Waals surface area (Å²) in [6, 6.07) is 13.7. The zero-order valence-corrected chi connectivity index (χ0v) is 14.2. The summed E-state index contributed by atoms with van der Waals surface area (Å²) in [5, 5.41) is 14.3. The average molecular weight is 352 g/mol. The van der Waals surface area contributed by atoms with Crippen molar-refractivity contribution >= 4 is 17.2 Å². The third-order valence-corrected chi connectivity index (χ3v) is 3.71. The number of nitrogens with zero attached hydrogens (tertiary/aromatic N) is 3. The number of hydrogen-bond acceptors (Lipinski definition) is 7. The number of nitro benzene ring substituents is 1. The van der Waals surface area contributed by atoms with Crippen LogP contribution >= 0.6 is 0 Å². The normalized spacial score (nSPS) is 10.2. The van der Waals surface area contributed by atoms with E-state index in [1.54, 1.807) is 25.3 Å². The van der Waals surface area contributed by atoms with Crippen LogP contribution in [0.4, 0.5) is 17.2 Å². The lowest BCUT2D eigenvalue weighted by molar-refractivity contribution is -0.384. The molecule has 26 heavy (non-hydrogen) atoms. The minimum Gasteiger partial charge on any atom is -0.496 e. The van der Waals surface area contributed by atoms with Crippen LogP contribution in [0.1, 0.15) is 0 Å². The van der Waals surface area contributed by atoms with Gasteiger partial charge < -0.3 is 14.8 Å². The summed E-state index contributed by atoms with van der Waals surface area (Å²) in [6.45, 7) is 0. The van der Waals surface area contributed by atoms with Crippen LogP contribution in [-0.2, 0) is 0 Å². The molecule has 0 aliphatic heterocycles. The fraction of sp³-hybridized carbons (Fsp3) is 0.111. The largest absolute Gasteiger partial charge is 0.496 e. The number of benzene rings is 2. The van der Waals surface area contributed by atoms with E-state index < -0.39 is 4.92 Å². The van der Waals surface area contributed by atoms with Gasteiger partial charge >= 0.3 is 0 Å². The molecule has 0 saturated heterocycles. The summed E-state index contributed by atoms with van der Waals surface area (Å²) >= 11 is 0. The van der Waals surface area contributed by atoms with Crippen LogP contribution in [0.3, 0.4) is 0 Å². The van der Waals surface area contributed by atoms with Crippen molar-refractivity contribution in [1.82, 2.24) is 9.97 Å². The SMILES string of the molecule is COc1ccc(Nc2cc(-c3ccccc3OC)ncn2)c([N+](=O)[O-])c1. The molecular weight excluding hydrogens is 336 g/mol. The quantitative estimate of drug-likeness (QED) is 0.532. The summed E-state index contributed by atoms with van der Waals surface area (Å²) in [6.07, 6.45) is 1.39. The molecule has 8 nitrogen and oxygen atoms in total. The zero-order valence-electron chi connectivity index (χ0n) is 14.2. The van der Waals surface area contributed by atoms with E-state index in [9.17, 15) is 10.1 Å². The van der Waals surface area contributed by atoms with E-state index in [4.69, 9.17) is 9.47 Å². The van der Waals surface area contributed by atoms with Crippen LogP contribution in [0.15, 0.2) is 54.9 Å². The highest BCUT2D eigenvalue weighted by atomic mass is 16.6. The van der Waals surface area contributed by atoms with Gasteiger partial charge in [-0.2, -0.15) is 0 Å². The fourth-order valence-corrected chi connectivity index (χ4v) is 2.46. The Kier molecular flexibility index (Phi) is 4.93. The molecule has 0 spiro atoms. The molecule has 0 bridgehead atoms. The van der Waals surface area contributed by atoms with E-state index in [2.05, 4.69) is 15.3 Å². The number of hydrogen-bond donors (Lipinski definition) is 1. The molecule has 0 unspecified atom stereocenters. The molecule has 0 saturated carbocycles. The maximum absolute atomic E-state index is 11.3. The predicted molar refractivity (Wildman–Crippen MR) is 97.0 cm³/mol. The number of rotatable bonds is 6. The van der Waals surface area contributed by atoms with Crippen LogP contribution in [-0.4, -0.2) is 29.1 Å². The van der Waals surface area contributed by atoms with Gasteiger partial charge in [0, 0.05) is 11.6 Å². The highest BCUT2D eigenvalue weighted by Gasteiger charge is 2.16. The molecule has 0 amide bonds. The van der Waals surface area contributed by atoms with E-state index in [1.807, 2.05) is 24.3 Å². The Bertz CT molecular complexity index is 946. The van der Waals surface area contributed by atoms with Crippen LogP contribution in [0.2, 0.25) is 0 Å². The molecule has 0 radical (unpaired) electrons. The van der Waals surface area contributed by atoms with Gasteiger partial charge in [0.05, 0.1) is 30.9 Å². The van der Waals surface area contributed by atoms with E-state index in [1.165, 1.54) is 19.5 Å². The van der Waals surface area contributed by atoms with E-state index in [0.29, 0.717) is 28.7 Å². The van der Waals surface area contributed by atoms with Crippen molar-refractivity contribution in [3.63, 3.8) is 0 Å². The third-order valence-electron chi connectivity index (χ3n) is 3.71. The number of methoxy groups -OCH3 is 2. The summed E-state index contributed by atoms with van der Waals surface area (Å²) in [5.74, 6) is 1.50. The van der Waals surface area contributed by atoms with Crippen molar-refractivity contribution < 1.29 is 14.4 Å². The van der Waals surface area contributed by atoms with Gasteiger partial charge in [0.1, 0.15) is 29.3 Å². The number of anilines is 2.